The summed E-state index contributed by atoms with van der Waals surface area (Å²) in [5, 5.41) is 0. The van der Waals surface area contributed by atoms with Crippen molar-refractivity contribution in [1.29, 1.82) is 0 Å². The van der Waals surface area contributed by atoms with Gasteiger partial charge in [0.2, 0.25) is 0 Å². The van der Waals surface area contributed by atoms with Crippen LogP contribution in [0.15, 0.2) is 0 Å². The zero-order valence-electron chi connectivity index (χ0n) is 9.64. The lowest BCUT2D eigenvalue weighted by atomic mass is 10.1. The highest BCUT2D eigenvalue weighted by molar-refractivity contribution is 6.54. The highest BCUT2D eigenvalue weighted by atomic mass is 35.5. The third-order valence-electron chi connectivity index (χ3n) is 1.73. The van der Waals surface area contributed by atoms with Crippen LogP contribution in [0.3, 0.4) is 0 Å². The van der Waals surface area contributed by atoms with Gasteiger partial charge in [-0.05, 0) is 13.8 Å². The summed E-state index contributed by atoms with van der Waals surface area (Å²) in [5.74, 6) is -3.82. The first kappa shape index (κ1) is 17.1. The quantitative estimate of drug-likeness (QED) is 0.452. The Balaban J connectivity index is 5.71. The number of rotatable bonds is 4. The zero-order valence-corrected chi connectivity index (χ0v) is 12.7. The van der Waals surface area contributed by atoms with E-state index in [1.54, 1.807) is 0 Å². The van der Waals surface area contributed by atoms with Gasteiger partial charge in [-0.1, -0.05) is 46.4 Å². The number of ether oxygens (including phenoxy) is 2. The maximum absolute atomic E-state index is 11.1. The van der Waals surface area contributed by atoms with Crippen LogP contribution in [0.5, 0.6) is 0 Å². The molecule has 0 unspecified atom stereocenters. The van der Waals surface area contributed by atoms with Crippen LogP contribution < -0.4 is 0 Å². The van der Waals surface area contributed by atoms with Gasteiger partial charge >= 0.3 is 17.7 Å². The maximum Gasteiger partial charge on any atom is 0.322 e. The maximum atomic E-state index is 11.1. The van der Waals surface area contributed by atoms with Gasteiger partial charge < -0.3 is 9.47 Å². The lowest BCUT2D eigenvalue weighted by molar-refractivity contribution is -0.234. The molecule has 0 heterocycles. The molecule has 0 aromatic rings. The number of halogens is 4. The number of carbonyl (C=O) groups excluding carboxylic acids is 2. The van der Waals surface area contributed by atoms with Crippen LogP contribution in [0.4, 0.5) is 0 Å². The molecular formula is C9H12Cl4O4. The monoisotopic (exact) mass is 324 g/mol. The molecule has 0 fully saturated rings. The van der Waals surface area contributed by atoms with E-state index in [0.29, 0.717) is 0 Å². The van der Waals surface area contributed by atoms with Gasteiger partial charge in [0.05, 0.1) is 0 Å². The molecule has 0 saturated carbocycles. The molecule has 0 amide bonds. The average Bonchev–Trinajstić information content (AvgIpc) is 1.96. The van der Waals surface area contributed by atoms with Crippen molar-refractivity contribution in [3.63, 3.8) is 0 Å². The van der Waals surface area contributed by atoms with Gasteiger partial charge in [0.1, 0.15) is 0 Å². The predicted molar refractivity (Wildman–Crippen MR) is 66.5 cm³/mol. The summed E-state index contributed by atoms with van der Waals surface area (Å²) in [7, 11) is 0. The number of hydrogen-bond donors (Lipinski definition) is 0. The second-order valence-electron chi connectivity index (χ2n) is 3.58. The molecule has 0 N–H and O–H groups in total. The molecule has 4 nitrogen and oxygen atoms in total. The van der Waals surface area contributed by atoms with E-state index in [2.05, 4.69) is 0 Å². The number of carbonyl (C=O) groups is 2. The minimum absolute atomic E-state index is 0.800. The molecule has 0 aromatic carbocycles. The van der Waals surface area contributed by atoms with Crippen molar-refractivity contribution in [3.8, 4) is 0 Å². The topological polar surface area (TPSA) is 52.6 Å². The molecule has 0 atom stereocenters. The van der Waals surface area contributed by atoms with Crippen molar-refractivity contribution < 1.29 is 19.1 Å². The van der Waals surface area contributed by atoms with Crippen LogP contribution in [-0.2, 0) is 19.1 Å². The van der Waals surface area contributed by atoms with Crippen LogP contribution >= 0.6 is 46.4 Å². The number of hydrogen-bond acceptors (Lipinski definition) is 4. The van der Waals surface area contributed by atoms with Crippen molar-refractivity contribution in [3.05, 3.63) is 0 Å². The van der Waals surface area contributed by atoms with Crippen LogP contribution in [0.25, 0.3) is 0 Å². The fourth-order valence-corrected chi connectivity index (χ4v) is 2.43. The first-order chi connectivity index (χ1) is 7.33. The molecule has 0 radical (unpaired) electrons. The van der Waals surface area contributed by atoms with Gasteiger partial charge in [0.25, 0.3) is 0 Å². The Bertz CT molecular complexity index is 284. The number of esters is 2. The zero-order chi connectivity index (χ0) is 14.1. The van der Waals surface area contributed by atoms with Gasteiger partial charge in [-0.25, -0.2) is 0 Å². The molecular weight excluding hydrogens is 314 g/mol. The summed E-state index contributed by atoms with van der Waals surface area (Å²) in [5.41, 5.74) is 0. The summed E-state index contributed by atoms with van der Waals surface area (Å²) in [6, 6.07) is 0. The molecule has 0 saturated heterocycles. The summed E-state index contributed by atoms with van der Waals surface area (Å²) >= 11 is 23.5. The van der Waals surface area contributed by atoms with Gasteiger partial charge in [0.15, 0.2) is 8.67 Å². The lowest BCUT2D eigenvalue weighted by Crippen LogP contribution is -2.61. The molecule has 0 aromatic heterocycles. The first-order valence-electron chi connectivity index (χ1n) is 4.48. The Labute approximate surface area is 119 Å². The fourth-order valence-electron chi connectivity index (χ4n) is 1.17. The minimum Gasteiger partial charge on any atom is -0.416 e. The largest absolute Gasteiger partial charge is 0.416 e. The normalized spacial score (nSPS) is 13.2. The Hall–Kier alpha value is 0.1000. The lowest BCUT2D eigenvalue weighted by Gasteiger charge is -2.44. The Kier molecular flexibility index (Phi) is 5.42. The minimum atomic E-state index is -2.22. The smallest absolute Gasteiger partial charge is 0.322 e. The van der Waals surface area contributed by atoms with Crippen molar-refractivity contribution >= 4 is 58.3 Å². The molecule has 0 rings (SSSR count). The van der Waals surface area contributed by atoms with Crippen LogP contribution in [-0.4, -0.2) is 26.4 Å². The SMILES string of the molecule is CC(=O)OC(OC(C)=O)(C(C)(Cl)Cl)C(C)(Cl)Cl. The van der Waals surface area contributed by atoms with Crippen molar-refractivity contribution in [2.45, 2.75) is 42.1 Å². The molecule has 0 aliphatic carbocycles. The second-order valence-corrected chi connectivity index (χ2v) is 6.99. The molecule has 8 heteroatoms. The molecule has 0 spiro atoms. The van der Waals surface area contributed by atoms with Crippen LogP contribution in [0, 0.1) is 0 Å². The van der Waals surface area contributed by atoms with Crippen molar-refractivity contribution in [2.75, 3.05) is 0 Å². The van der Waals surface area contributed by atoms with E-state index in [1.165, 1.54) is 13.8 Å². The molecule has 0 bridgehead atoms. The molecule has 0 aliphatic heterocycles. The van der Waals surface area contributed by atoms with E-state index >= 15 is 0 Å². The second kappa shape index (κ2) is 5.39. The third kappa shape index (κ3) is 4.05. The van der Waals surface area contributed by atoms with E-state index in [-0.39, 0.29) is 0 Å². The van der Waals surface area contributed by atoms with E-state index in [4.69, 9.17) is 55.9 Å². The highest BCUT2D eigenvalue weighted by Gasteiger charge is 2.64. The fraction of sp³-hybridized carbons (Fsp3) is 0.778. The molecule has 0 aliphatic rings. The van der Waals surface area contributed by atoms with Gasteiger partial charge in [-0.3, -0.25) is 9.59 Å². The van der Waals surface area contributed by atoms with E-state index < -0.39 is 26.4 Å². The van der Waals surface area contributed by atoms with E-state index in [9.17, 15) is 9.59 Å². The van der Waals surface area contributed by atoms with Crippen molar-refractivity contribution in [2.24, 2.45) is 0 Å². The molecule has 100 valence electrons. The van der Waals surface area contributed by atoms with Crippen LogP contribution in [0.2, 0.25) is 0 Å². The summed E-state index contributed by atoms with van der Waals surface area (Å²) in [6.45, 7) is 4.64. The standard InChI is InChI=1S/C9H12Cl4O4/c1-5(14)16-9(7(3,10)11,8(4,12)13)17-6(2)15/h1-4H3. The Morgan fingerprint density at radius 3 is 1.18 bits per heavy atom. The summed E-state index contributed by atoms with van der Waals surface area (Å²) in [4.78, 5) is 22.2. The van der Waals surface area contributed by atoms with Gasteiger partial charge in [-0.2, -0.15) is 0 Å². The Morgan fingerprint density at radius 1 is 0.824 bits per heavy atom. The van der Waals surface area contributed by atoms with Crippen molar-refractivity contribution in [1.82, 2.24) is 0 Å². The van der Waals surface area contributed by atoms with Gasteiger partial charge in [0, 0.05) is 13.8 Å². The average molecular weight is 326 g/mol. The van der Waals surface area contributed by atoms with Crippen LogP contribution in [0.1, 0.15) is 27.7 Å². The Morgan fingerprint density at radius 2 is 1.06 bits per heavy atom. The summed E-state index contributed by atoms with van der Waals surface area (Å²) < 4.78 is 6.05. The summed E-state index contributed by atoms with van der Waals surface area (Å²) in [6.07, 6.45) is 0. The number of alkyl halides is 4. The first-order valence-corrected chi connectivity index (χ1v) is 5.99. The molecule has 17 heavy (non-hydrogen) atoms. The van der Waals surface area contributed by atoms with E-state index in [0.717, 1.165) is 13.8 Å². The third-order valence-corrected chi connectivity index (χ3v) is 2.73. The highest BCUT2D eigenvalue weighted by Crippen LogP contribution is 2.50. The predicted octanol–water partition coefficient (Wildman–Crippen LogP) is 3.20. The van der Waals surface area contributed by atoms with Gasteiger partial charge in [-0.15, -0.1) is 0 Å². The van der Waals surface area contributed by atoms with E-state index in [1.807, 2.05) is 0 Å².